The molecule has 5 nitrogen and oxygen atoms in total. The molecule has 1 aromatic rings. The Kier molecular flexibility index (Phi) is 5.27. The van der Waals surface area contributed by atoms with E-state index in [1.165, 1.54) is 17.8 Å². The van der Waals surface area contributed by atoms with Crippen LogP contribution >= 0.6 is 0 Å². The van der Waals surface area contributed by atoms with Gasteiger partial charge in [-0.3, -0.25) is 9.58 Å². The standard InChI is InChI=1S/C16H31N5/c1-7-14-11-21(9-8-19(14)5)16-15(10-17-12(2)3)13(4)18-20(16)6/h12,14,17H,7-11H2,1-6H3. The molecule has 0 radical (unpaired) electrons. The molecule has 21 heavy (non-hydrogen) atoms. The summed E-state index contributed by atoms with van der Waals surface area (Å²) < 4.78 is 2.06. The number of anilines is 1. The molecular formula is C16H31N5. The van der Waals surface area contributed by atoms with Crippen LogP contribution in [0.25, 0.3) is 0 Å². The number of nitrogens with zero attached hydrogens (tertiary/aromatic N) is 4. The average Bonchev–Trinajstić information content (AvgIpc) is 2.71. The number of hydrogen-bond acceptors (Lipinski definition) is 4. The highest BCUT2D eigenvalue weighted by Crippen LogP contribution is 2.26. The van der Waals surface area contributed by atoms with Crippen LogP contribution in [0.1, 0.15) is 38.4 Å². The smallest absolute Gasteiger partial charge is 0.131 e. The van der Waals surface area contributed by atoms with Gasteiger partial charge >= 0.3 is 0 Å². The Balaban J connectivity index is 2.22. The molecule has 1 aliphatic heterocycles. The predicted octanol–water partition coefficient (Wildman–Crippen LogP) is 1.76. The Bertz CT molecular complexity index is 465. The molecule has 0 saturated carbocycles. The van der Waals surface area contributed by atoms with Crippen molar-refractivity contribution in [1.29, 1.82) is 0 Å². The van der Waals surface area contributed by atoms with Crippen molar-refractivity contribution in [2.45, 2.75) is 52.7 Å². The molecule has 2 heterocycles. The van der Waals surface area contributed by atoms with Crippen molar-refractivity contribution in [3.8, 4) is 0 Å². The maximum Gasteiger partial charge on any atom is 0.131 e. The fourth-order valence-electron chi connectivity index (χ4n) is 3.18. The number of aromatic nitrogens is 2. The second-order valence-electron chi connectivity index (χ2n) is 6.54. The molecule has 120 valence electrons. The van der Waals surface area contributed by atoms with Crippen LogP contribution in [-0.4, -0.2) is 53.4 Å². The summed E-state index contributed by atoms with van der Waals surface area (Å²) in [6, 6.07) is 1.13. The molecule has 1 atom stereocenters. The highest BCUT2D eigenvalue weighted by molar-refractivity contribution is 5.51. The maximum atomic E-state index is 4.66. The number of hydrogen-bond donors (Lipinski definition) is 1. The lowest BCUT2D eigenvalue weighted by atomic mass is 10.1. The molecule has 5 heteroatoms. The van der Waals surface area contributed by atoms with E-state index in [0.29, 0.717) is 12.1 Å². The number of likely N-dealkylation sites (N-methyl/N-ethyl adjacent to an activating group) is 1. The van der Waals surface area contributed by atoms with E-state index in [0.717, 1.165) is 31.9 Å². The molecule has 1 aromatic heterocycles. The van der Waals surface area contributed by atoms with Gasteiger partial charge in [0.2, 0.25) is 0 Å². The van der Waals surface area contributed by atoms with Crippen molar-refractivity contribution in [3.05, 3.63) is 11.3 Å². The molecule has 1 unspecified atom stereocenters. The first-order chi connectivity index (χ1) is 9.93. The molecule has 1 fully saturated rings. The number of rotatable bonds is 5. The highest BCUT2D eigenvalue weighted by Gasteiger charge is 2.27. The van der Waals surface area contributed by atoms with E-state index in [4.69, 9.17) is 0 Å². The van der Waals surface area contributed by atoms with Gasteiger partial charge in [0.1, 0.15) is 5.82 Å². The third-order valence-corrected chi connectivity index (χ3v) is 4.55. The summed E-state index contributed by atoms with van der Waals surface area (Å²) in [6.45, 7) is 13.0. The molecule has 0 aliphatic carbocycles. The summed E-state index contributed by atoms with van der Waals surface area (Å²) in [6.07, 6.45) is 1.20. The van der Waals surface area contributed by atoms with E-state index < -0.39 is 0 Å². The molecule has 0 bridgehead atoms. The van der Waals surface area contributed by atoms with Gasteiger partial charge in [0.15, 0.2) is 0 Å². The van der Waals surface area contributed by atoms with Crippen molar-refractivity contribution in [3.63, 3.8) is 0 Å². The first kappa shape index (κ1) is 16.3. The first-order valence-electron chi connectivity index (χ1n) is 8.15. The SMILES string of the molecule is CCC1CN(c2c(CNC(C)C)c(C)nn2C)CCN1C. The Hall–Kier alpha value is -1.07. The van der Waals surface area contributed by atoms with Crippen molar-refractivity contribution in [2.24, 2.45) is 7.05 Å². The topological polar surface area (TPSA) is 36.3 Å². The zero-order valence-corrected chi connectivity index (χ0v) is 14.5. The summed E-state index contributed by atoms with van der Waals surface area (Å²) in [7, 11) is 4.31. The Morgan fingerprint density at radius 1 is 1.29 bits per heavy atom. The van der Waals surface area contributed by atoms with Gasteiger partial charge in [0, 0.05) is 50.9 Å². The minimum absolute atomic E-state index is 0.494. The van der Waals surface area contributed by atoms with Gasteiger partial charge in [-0.1, -0.05) is 20.8 Å². The third-order valence-electron chi connectivity index (χ3n) is 4.55. The van der Waals surface area contributed by atoms with E-state index in [1.807, 2.05) is 0 Å². The van der Waals surface area contributed by atoms with Gasteiger partial charge in [-0.15, -0.1) is 0 Å². The van der Waals surface area contributed by atoms with Crippen LogP contribution < -0.4 is 10.2 Å². The molecule has 0 amide bonds. The van der Waals surface area contributed by atoms with Crippen LogP contribution in [0.3, 0.4) is 0 Å². The van der Waals surface area contributed by atoms with Crippen LogP contribution in [0.15, 0.2) is 0 Å². The van der Waals surface area contributed by atoms with E-state index in [-0.39, 0.29) is 0 Å². The van der Waals surface area contributed by atoms with Gasteiger partial charge in [0.25, 0.3) is 0 Å². The Morgan fingerprint density at radius 2 is 2.00 bits per heavy atom. The zero-order valence-electron chi connectivity index (χ0n) is 14.5. The lowest BCUT2D eigenvalue weighted by Gasteiger charge is -2.40. The van der Waals surface area contributed by atoms with E-state index >= 15 is 0 Å². The van der Waals surface area contributed by atoms with Crippen LogP contribution in [0.2, 0.25) is 0 Å². The molecule has 1 aliphatic rings. The van der Waals surface area contributed by atoms with E-state index in [1.54, 1.807) is 0 Å². The second kappa shape index (κ2) is 6.79. The van der Waals surface area contributed by atoms with E-state index in [2.05, 4.69) is 66.7 Å². The zero-order chi connectivity index (χ0) is 15.6. The molecule has 0 aromatic carbocycles. The molecule has 0 spiro atoms. The molecule has 2 rings (SSSR count). The lowest BCUT2D eigenvalue weighted by molar-refractivity contribution is 0.212. The monoisotopic (exact) mass is 293 g/mol. The quantitative estimate of drug-likeness (QED) is 0.897. The van der Waals surface area contributed by atoms with Gasteiger partial charge < -0.3 is 10.2 Å². The second-order valence-corrected chi connectivity index (χ2v) is 6.54. The summed E-state index contributed by atoms with van der Waals surface area (Å²) in [5, 5.41) is 8.19. The first-order valence-corrected chi connectivity index (χ1v) is 8.15. The van der Waals surface area contributed by atoms with Gasteiger partial charge in [-0.25, -0.2) is 0 Å². The van der Waals surface area contributed by atoms with E-state index in [9.17, 15) is 0 Å². The van der Waals surface area contributed by atoms with Crippen LogP contribution in [-0.2, 0) is 13.6 Å². The summed E-state index contributed by atoms with van der Waals surface area (Å²) in [5.41, 5.74) is 2.50. The minimum Gasteiger partial charge on any atom is -0.354 e. The minimum atomic E-state index is 0.494. The van der Waals surface area contributed by atoms with Crippen molar-refractivity contribution in [1.82, 2.24) is 20.0 Å². The van der Waals surface area contributed by atoms with Crippen molar-refractivity contribution < 1.29 is 0 Å². The van der Waals surface area contributed by atoms with Gasteiger partial charge in [0.05, 0.1) is 5.69 Å². The largest absolute Gasteiger partial charge is 0.354 e. The average molecular weight is 293 g/mol. The molecule has 1 N–H and O–H groups in total. The normalized spacial score (nSPS) is 20.5. The highest BCUT2D eigenvalue weighted by atomic mass is 15.4. The predicted molar refractivity (Wildman–Crippen MR) is 88.8 cm³/mol. The fourth-order valence-corrected chi connectivity index (χ4v) is 3.18. The summed E-state index contributed by atoms with van der Waals surface area (Å²) >= 11 is 0. The van der Waals surface area contributed by atoms with Crippen molar-refractivity contribution >= 4 is 5.82 Å². The molecular weight excluding hydrogens is 262 g/mol. The Morgan fingerprint density at radius 3 is 2.62 bits per heavy atom. The number of nitrogens with one attached hydrogen (secondary N) is 1. The Labute approximate surface area is 129 Å². The van der Waals surface area contributed by atoms with Crippen LogP contribution in [0.4, 0.5) is 5.82 Å². The van der Waals surface area contributed by atoms with Crippen LogP contribution in [0.5, 0.6) is 0 Å². The number of aryl methyl sites for hydroxylation is 2. The fraction of sp³-hybridized carbons (Fsp3) is 0.812. The van der Waals surface area contributed by atoms with Gasteiger partial charge in [-0.2, -0.15) is 5.10 Å². The van der Waals surface area contributed by atoms with Crippen molar-refractivity contribution in [2.75, 3.05) is 31.6 Å². The number of piperazine rings is 1. The summed E-state index contributed by atoms with van der Waals surface area (Å²) in [5.74, 6) is 1.30. The lowest BCUT2D eigenvalue weighted by Crippen LogP contribution is -2.52. The van der Waals surface area contributed by atoms with Gasteiger partial charge in [-0.05, 0) is 20.4 Å². The third kappa shape index (κ3) is 3.58. The van der Waals surface area contributed by atoms with Crippen LogP contribution in [0, 0.1) is 6.92 Å². The maximum absolute atomic E-state index is 4.66. The molecule has 1 saturated heterocycles. The summed E-state index contributed by atoms with van der Waals surface area (Å²) in [4.78, 5) is 5.00.